The van der Waals surface area contributed by atoms with Crippen LogP contribution < -0.4 is 10.6 Å². The lowest BCUT2D eigenvalue weighted by atomic mass is 10.2. The van der Waals surface area contributed by atoms with Gasteiger partial charge in [-0.3, -0.25) is 9.79 Å². The Morgan fingerprint density at radius 2 is 2.20 bits per heavy atom. The highest BCUT2D eigenvalue weighted by Gasteiger charge is 2.15. The van der Waals surface area contributed by atoms with Crippen LogP contribution >= 0.6 is 0 Å². The predicted octanol–water partition coefficient (Wildman–Crippen LogP) is 1.27. The Balaban J connectivity index is 1.69. The van der Waals surface area contributed by atoms with Gasteiger partial charge in [-0.1, -0.05) is 11.6 Å². The lowest BCUT2D eigenvalue weighted by Crippen LogP contribution is -2.38. The molecule has 1 aliphatic rings. The molecule has 2 N–H and O–H groups in total. The average molecular weight is 350 g/mol. The van der Waals surface area contributed by atoms with Crippen LogP contribution in [0.3, 0.4) is 0 Å². The number of hydrogen-bond donors (Lipinski definition) is 2. The van der Waals surface area contributed by atoms with Gasteiger partial charge in [-0.05, 0) is 33.1 Å². The maximum Gasteiger partial charge on any atom is 0.228 e. The van der Waals surface area contributed by atoms with Gasteiger partial charge < -0.3 is 20.1 Å². The van der Waals surface area contributed by atoms with Gasteiger partial charge in [0.15, 0.2) is 11.8 Å². The lowest BCUT2D eigenvalue weighted by molar-refractivity contribution is -0.130. The molecule has 2 rings (SSSR count). The molecule has 1 amide bonds. The van der Waals surface area contributed by atoms with E-state index < -0.39 is 0 Å². The van der Waals surface area contributed by atoms with Gasteiger partial charge in [0.1, 0.15) is 0 Å². The summed E-state index contributed by atoms with van der Waals surface area (Å²) in [5, 5.41) is 10.3. The molecule has 8 heteroatoms. The van der Waals surface area contributed by atoms with E-state index >= 15 is 0 Å². The SMILES string of the molecule is CCNC(=NCCCN1CCCCCC1=O)NCCc1nc(C)no1. The first-order valence-corrected chi connectivity index (χ1v) is 9.28. The van der Waals surface area contributed by atoms with E-state index in [4.69, 9.17) is 4.52 Å². The fourth-order valence-electron chi connectivity index (χ4n) is 2.80. The summed E-state index contributed by atoms with van der Waals surface area (Å²) >= 11 is 0. The minimum atomic E-state index is 0.293. The molecule has 0 bridgehead atoms. The Morgan fingerprint density at radius 3 is 2.96 bits per heavy atom. The van der Waals surface area contributed by atoms with Crippen LogP contribution in [-0.4, -0.2) is 59.6 Å². The maximum absolute atomic E-state index is 12.0. The number of carbonyl (C=O) groups excluding carboxylic acids is 1. The fraction of sp³-hybridized carbons (Fsp3) is 0.765. The second-order valence-electron chi connectivity index (χ2n) is 6.22. The average Bonchev–Trinajstić information content (AvgIpc) is 2.90. The monoisotopic (exact) mass is 350 g/mol. The number of likely N-dealkylation sites (tertiary alicyclic amines) is 1. The molecule has 0 aliphatic carbocycles. The van der Waals surface area contributed by atoms with Crippen LogP contribution in [0, 0.1) is 6.92 Å². The third kappa shape index (κ3) is 7.11. The minimum Gasteiger partial charge on any atom is -0.357 e. The third-order valence-corrected chi connectivity index (χ3v) is 4.07. The number of aryl methyl sites for hydroxylation is 1. The summed E-state index contributed by atoms with van der Waals surface area (Å²) < 4.78 is 5.09. The molecule has 1 aromatic heterocycles. The smallest absolute Gasteiger partial charge is 0.228 e. The van der Waals surface area contributed by atoms with Gasteiger partial charge in [-0.2, -0.15) is 4.98 Å². The zero-order chi connectivity index (χ0) is 17.9. The van der Waals surface area contributed by atoms with Crippen LogP contribution in [-0.2, 0) is 11.2 Å². The zero-order valence-electron chi connectivity index (χ0n) is 15.4. The number of rotatable bonds is 8. The first kappa shape index (κ1) is 19.2. The lowest BCUT2D eigenvalue weighted by Gasteiger charge is -2.20. The van der Waals surface area contributed by atoms with E-state index in [9.17, 15) is 4.79 Å². The van der Waals surface area contributed by atoms with Gasteiger partial charge in [0, 0.05) is 45.6 Å². The summed E-state index contributed by atoms with van der Waals surface area (Å²) in [6.45, 7) is 7.70. The highest BCUT2D eigenvalue weighted by Crippen LogP contribution is 2.11. The van der Waals surface area contributed by atoms with Crippen molar-refractivity contribution in [1.29, 1.82) is 0 Å². The molecule has 2 heterocycles. The van der Waals surface area contributed by atoms with Crippen LogP contribution in [0.1, 0.15) is 50.7 Å². The standard InChI is InChI=1S/C17H30N6O2/c1-3-18-17(20-11-9-15-21-14(2)22-25-15)19-10-7-13-23-12-6-4-5-8-16(23)24/h3-13H2,1-2H3,(H2,18,19,20). The molecule has 140 valence electrons. The largest absolute Gasteiger partial charge is 0.357 e. The molecule has 25 heavy (non-hydrogen) atoms. The van der Waals surface area contributed by atoms with Crippen LogP contribution in [0.4, 0.5) is 0 Å². The summed E-state index contributed by atoms with van der Waals surface area (Å²) in [6, 6.07) is 0. The van der Waals surface area contributed by atoms with Crippen molar-refractivity contribution < 1.29 is 9.32 Å². The van der Waals surface area contributed by atoms with Crippen molar-refractivity contribution in [1.82, 2.24) is 25.7 Å². The molecule has 1 aliphatic heterocycles. The van der Waals surface area contributed by atoms with Crippen molar-refractivity contribution >= 4 is 11.9 Å². The van der Waals surface area contributed by atoms with Gasteiger partial charge in [-0.15, -0.1) is 0 Å². The van der Waals surface area contributed by atoms with Crippen molar-refractivity contribution in [2.24, 2.45) is 4.99 Å². The maximum atomic E-state index is 12.0. The number of carbonyl (C=O) groups is 1. The third-order valence-electron chi connectivity index (χ3n) is 4.07. The van der Waals surface area contributed by atoms with Gasteiger partial charge >= 0.3 is 0 Å². The Bertz CT molecular complexity index is 557. The molecule has 0 radical (unpaired) electrons. The topological polar surface area (TPSA) is 95.7 Å². The van der Waals surface area contributed by atoms with E-state index in [2.05, 4.69) is 25.8 Å². The van der Waals surface area contributed by atoms with Gasteiger partial charge in [-0.25, -0.2) is 0 Å². The summed E-state index contributed by atoms with van der Waals surface area (Å²) in [6.07, 6.45) is 5.55. The number of aliphatic imine (C=N–C) groups is 1. The second kappa shape index (κ2) is 10.7. The Hall–Kier alpha value is -2.12. The van der Waals surface area contributed by atoms with Gasteiger partial charge in [0.2, 0.25) is 11.8 Å². The van der Waals surface area contributed by atoms with Crippen molar-refractivity contribution in [2.45, 2.75) is 52.4 Å². The number of nitrogens with one attached hydrogen (secondary N) is 2. The molecule has 0 spiro atoms. The number of aromatic nitrogens is 2. The van der Waals surface area contributed by atoms with Crippen molar-refractivity contribution in [3.63, 3.8) is 0 Å². The molecule has 0 saturated carbocycles. The molecule has 0 atom stereocenters. The summed E-state index contributed by atoms with van der Waals surface area (Å²) in [4.78, 5) is 22.7. The summed E-state index contributed by atoms with van der Waals surface area (Å²) in [5.41, 5.74) is 0. The first-order chi connectivity index (χ1) is 12.2. The van der Waals surface area contributed by atoms with Crippen LogP contribution in [0.2, 0.25) is 0 Å². The quantitative estimate of drug-likeness (QED) is 0.416. The van der Waals surface area contributed by atoms with Crippen molar-refractivity contribution in [2.75, 3.05) is 32.7 Å². The molecular formula is C17H30N6O2. The fourth-order valence-corrected chi connectivity index (χ4v) is 2.80. The highest BCUT2D eigenvalue weighted by atomic mass is 16.5. The second-order valence-corrected chi connectivity index (χ2v) is 6.22. The number of guanidine groups is 1. The normalized spacial score (nSPS) is 16.0. The number of nitrogens with zero attached hydrogens (tertiary/aromatic N) is 4. The van der Waals surface area contributed by atoms with E-state index in [0.29, 0.717) is 43.6 Å². The molecule has 0 aromatic carbocycles. The Kier molecular flexibility index (Phi) is 8.21. The molecule has 1 saturated heterocycles. The van der Waals surface area contributed by atoms with E-state index in [1.165, 1.54) is 0 Å². The van der Waals surface area contributed by atoms with E-state index in [0.717, 1.165) is 51.3 Å². The molecule has 1 fully saturated rings. The molecular weight excluding hydrogens is 320 g/mol. The molecule has 8 nitrogen and oxygen atoms in total. The van der Waals surface area contributed by atoms with Gasteiger partial charge in [0.05, 0.1) is 0 Å². The zero-order valence-corrected chi connectivity index (χ0v) is 15.4. The Labute approximate surface area is 149 Å². The highest BCUT2D eigenvalue weighted by molar-refractivity contribution is 5.79. The van der Waals surface area contributed by atoms with Crippen LogP contribution in [0.15, 0.2) is 9.52 Å². The first-order valence-electron chi connectivity index (χ1n) is 9.28. The van der Waals surface area contributed by atoms with E-state index in [-0.39, 0.29) is 0 Å². The van der Waals surface area contributed by atoms with Crippen LogP contribution in [0.25, 0.3) is 0 Å². The summed E-state index contributed by atoms with van der Waals surface area (Å²) in [5.74, 6) is 2.35. The molecule has 0 unspecified atom stereocenters. The number of hydrogen-bond acceptors (Lipinski definition) is 5. The van der Waals surface area contributed by atoms with Crippen LogP contribution in [0.5, 0.6) is 0 Å². The predicted molar refractivity (Wildman–Crippen MR) is 96.4 cm³/mol. The minimum absolute atomic E-state index is 0.293. The van der Waals surface area contributed by atoms with Crippen molar-refractivity contribution in [3.8, 4) is 0 Å². The molecule has 1 aromatic rings. The Morgan fingerprint density at radius 1 is 1.32 bits per heavy atom. The van der Waals surface area contributed by atoms with Gasteiger partial charge in [0.25, 0.3) is 0 Å². The van der Waals surface area contributed by atoms with E-state index in [1.54, 1.807) is 6.92 Å². The number of amides is 1. The van der Waals surface area contributed by atoms with E-state index in [1.807, 2.05) is 11.8 Å². The van der Waals surface area contributed by atoms with Crippen molar-refractivity contribution in [3.05, 3.63) is 11.7 Å². The summed E-state index contributed by atoms with van der Waals surface area (Å²) in [7, 11) is 0.